The molecule has 4 rings (SSSR count). The van der Waals surface area contributed by atoms with Crippen LogP contribution in [0.4, 0.5) is 5.82 Å². The normalized spacial score (nSPS) is 10.9. The molecule has 0 aliphatic carbocycles. The molecule has 0 aliphatic heterocycles. The van der Waals surface area contributed by atoms with Crippen LogP contribution < -0.4 is 5.32 Å². The number of pyridine rings is 1. The van der Waals surface area contributed by atoms with Crippen molar-refractivity contribution in [1.29, 1.82) is 0 Å². The summed E-state index contributed by atoms with van der Waals surface area (Å²) in [6.07, 6.45) is 3.36. The molecule has 4 aromatic rings. The lowest BCUT2D eigenvalue weighted by Gasteiger charge is -2.08. The fraction of sp³-hybridized carbons (Fsp3) is 0.0588. The molecule has 24 heavy (non-hydrogen) atoms. The number of nitrogens with zero attached hydrogens (tertiary/aromatic N) is 4. The number of aromatic amines is 1. The number of H-pyrrole nitrogens is 1. The smallest absolute Gasteiger partial charge is 0.226 e. The first-order chi connectivity index (χ1) is 11.8. The van der Waals surface area contributed by atoms with Gasteiger partial charge in [-0.25, -0.2) is 4.98 Å². The Balaban J connectivity index is 1.52. The number of benzene rings is 1. The van der Waals surface area contributed by atoms with Crippen molar-refractivity contribution >= 4 is 28.6 Å². The Bertz CT molecular complexity index is 965. The summed E-state index contributed by atoms with van der Waals surface area (Å²) < 4.78 is 0. The third kappa shape index (κ3) is 2.91. The molecule has 0 radical (unpaired) electrons. The fourth-order valence-electron chi connectivity index (χ4n) is 2.45. The van der Waals surface area contributed by atoms with Crippen molar-refractivity contribution in [3.8, 4) is 11.3 Å². The van der Waals surface area contributed by atoms with Gasteiger partial charge < -0.3 is 10.3 Å². The van der Waals surface area contributed by atoms with Crippen LogP contribution in [-0.2, 0) is 6.54 Å². The van der Waals surface area contributed by atoms with Crippen molar-refractivity contribution in [3.05, 3.63) is 65.8 Å². The SMILES string of the molecule is Clc1nc(NCc2ccc(-c3ccccn3)cc2)c2[nH]cnc2n1. The molecule has 0 bridgehead atoms. The van der Waals surface area contributed by atoms with Crippen molar-refractivity contribution in [3.63, 3.8) is 0 Å². The van der Waals surface area contributed by atoms with Crippen molar-refractivity contribution in [2.45, 2.75) is 6.54 Å². The maximum absolute atomic E-state index is 5.93. The monoisotopic (exact) mass is 336 g/mol. The first-order valence-corrected chi connectivity index (χ1v) is 7.78. The van der Waals surface area contributed by atoms with E-state index in [1.807, 2.05) is 18.2 Å². The predicted molar refractivity (Wildman–Crippen MR) is 93.7 cm³/mol. The molecule has 0 saturated heterocycles. The fourth-order valence-corrected chi connectivity index (χ4v) is 2.61. The minimum Gasteiger partial charge on any atom is -0.364 e. The predicted octanol–water partition coefficient (Wildman–Crippen LogP) is 3.68. The Morgan fingerprint density at radius 1 is 1.00 bits per heavy atom. The molecule has 0 atom stereocenters. The number of aromatic nitrogens is 5. The van der Waals surface area contributed by atoms with Gasteiger partial charge in [0.1, 0.15) is 5.52 Å². The molecule has 7 heteroatoms. The lowest BCUT2D eigenvalue weighted by atomic mass is 10.1. The molecule has 0 spiro atoms. The molecule has 2 N–H and O–H groups in total. The van der Waals surface area contributed by atoms with Crippen LogP contribution in [0.3, 0.4) is 0 Å². The van der Waals surface area contributed by atoms with Crippen LogP contribution in [0.2, 0.25) is 5.28 Å². The summed E-state index contributed by atoms with van der Waals surface area (Å²) in [4.78, 5) is 19.7. The van der Waals surface area contributed by atoms with Gasteiger partial charge in [0.2, 0.25) is 5.28 Å². The van der Waals surface area contributed by atoms with Crippen LogP contribution in [0, 0.1) is 0 Å². The van der Waals surface area contributed by atoms with E-state index in [9.17, 15) is 0 Å². The highest BCUT2D eigenvalue weighted by Gasteiger charge is 2.08. The molecule has 0 amide bonds. The van der Waals surface area contributed by atoms with Gasteiger partial charge in [0.15, 0.2) is 11.5 Å². The minimum atomic E-state index is 0.169. The molecule has 0 unspecified atom stereocenters. The highest BCUT2D eigenvalue weighted by molar-refractivity contribution is 6.28. The van der Waals surface area contributed by atoms with E-state index in [0.717, 1.165) is 22.3 Å². The van der Waals surface area contributed by atoms with Gasteiger partial charge >= 0.3 is 0 Å². The molecule has 1 aromatic carbocycles. The highest BCUT2D eigenvalue weighted by atomic mass is 35.5. The van der Waals surface area contributed by atoms with Gasteiger partial charge in [-0.3, -0.25) is 4.98 Å². The largest absolute Gasteiger partial charge is 0.364 e. The van der Waals surface area contributed by atoms with Gasteiger partial charge in [-0.2, -0.15) is 9.97 Å². The van der Waals surface area contributed by atoms with E-state index in [2.05, 4.69) is 54.5 Å². The van der Waals surface area contributed by atoms with Gasteiger partial charge in [0.05, 0.1) is 12.0 Å². The number of imidazole rings is 1. The van der Waals surface area contributed by atoms with Crippen molar-refractivity contribution in [2.75, 3.05) is 5.32 Å². The molecular formula is C17H13ClN6. The molecular weight excluding hydrogens is 324 g/mol. The Hall–Kier alpha value is -2.99. The summed E-state index contributed by atoms with van der Waals surface area (Å²) in [5, 5.41) is 3.44. The average Bonchev–Trinajstić information content (AvgIpc) is 3.09. The summed E-state index contributed by atoms with van der Waals surface area (Å²) >= 11 is 5.93. The van der Waals surface area contributed by atoms with Gasteiger partial charge in [-0.1, -0.05) is 30.3 Å². The summed E-state index contributed by atoms with van der Waals surface area (Å²) in [5.74, 6) is 0.635. The van der Waals surface area contributed by atoms with E-state index in [0.29, 0.717) is 18.0 Å². The number of hydrogen-bond acceptors (Lipinski definition) is 5. The van der Waals surface area contributed by atoms with Crippen molar-refractivity contribution < 1.29 is 0 Å². The molecule has 3 heterocycles. The quantitative estimate of drug-likeness (QED) is 0.556. The number of fused-ring (bicyclic) bond motifs is 1. The van der Waals surface area contributed by atoms with E-state index >= 15 is 0 Å². The zero-order valence-corrected chi connectivity index (χ0v) is 13.3. The summed E-state index contributed by atoms with van der Waals surface area (Å²) in [5.41, 5.74) is 4.45. The Morgan fingerprint density at radius 2 is 1.88 bits per heavy atom. The zero-order valence-electron chi connectivity index (χ0n) is 12.6. The molecule has 0 saturated carbocycles. The standard InChI is InChI=1S/C17H13ClN6/c18-17-23-15(14-16(24-17)22-10-21-14)20-9-11-4-6-12(7-5-11)13-3-1-2-8-19-13/h1-8,10H,9H2,(H2,20,21,22,23,24). The van der Waals surface area contributed by atoms with E-state index in [-0.39, 0.29) is 5.28 Å². The second-order valence-corrected chi connectivity index (χ2v) is 5.55. The van der Waals surface area contributed by atoms with Crippen molar-refractivity contribution in [1.82, 2.24) is 24.9 Å². The Kier molecular flexibility index (Phi) is 3.80. The molecule has 118 valence electrons. The Morgan fingerprint density at radius 3 is 2.67 bits per heavy atom. The maximum atomic E-state index is 5.93. The molecule has 0 aliphatic rings. The van der Waals surface area contributed by atoms with E-state index in [1.165, 1.54) is 0 Å². The number of hydrogen-bond donors (Lipinski definition) is 2. The lowest BCUT2D eigenvalue weighted by Crippen LogP contribution is -2.03. The van der Waals surface area contributed by atoms with Crippen LogP contribution in [-0.4, -0.2) is 24.9 Å². The van der Waals surface area contributed by atoms with Crippen LogP contribution in [0.1, 0.15) is 5.56 Å². The van der Waals surface area contributed by atoms with E-state index < -0.39 is 0 Å². The first kappa shape index (κ1) is 14.6. The number of anilines is 1. The summed E-state index contributed by atoms with van der Waals surface area (Å²) in [6, 6.07) is 14.1. The number of rotatable bonds is 4. The number of nitrogens with one attached hydrogen (secondary N) is 2. The highest BCUT2D eigenvalue weighted by Crippen LogP contribution is 2.20. The minimum absolute atomic E-state index is 0.169. The van der Waals surface area contributed by atoms with E-state index in [1.54, 1.807) is 12.5 Å². The van der Waals surface area contributed by atoms with E-state index in [4.69, 9.17) is 11.6 Å². The van der Waals surface area contributed by atoms with Crippen LogP contribution in [0.5, 0.6) is 0 Å². The van der Waals surface area contributed by atoms with Gasteiger partial charge in [-0.15, -0.1) is 0 Å². The molecule has 6 nitrogen and oxygen atoms in total. The molecule has 3 aromatic heterocycles. The average molecular weight is 337 g/mol. The van der Waals surface area contributed by atoms with Crippen molar-refractivity contribution in [2.24, 2.45) is 0 Å². The zero-order chi connectivity index (χ0) is 16.4. The second kappa shape index (κ2) is 6.25. The van der Waals surface area contributed by atoms with Crippen LogP contribution in [0.25, 0.3) is 22.4 Å². The van der Waals surface area contributed by atoms with Gasteiger partial charge in [0, 0.05) is 18.3 Å². The first-order valence-electron chi connectivity index (χ1n) is 7.40. The van der Waals surface area contributed by atoms with Gasteiger partial charge in [0.25, 0.3) is 0 Å². The third-order valence-corrected chi connectivity index (χ3v) is 3.80. The van der Waals surface area contributed by atoms with Gasteiger partial charge in [-0.05, 0) is 29.3 Å². The third-order valence-electron chi connectivity index (χ3n) is 3.63. The second-order valence-electron chi connectivity index (χ2n) is 5.21. The maximum Gasteiger partial charge on any atom is 0.226 e. The molecule has 0 fully saturated rings. The Labute approximate surface area is 143 Å². The van der Waals surface area contributed by atoms with Crippen LogP contribution in [0.15, 0.2) is 55.0 Å². The van der Waals surface area contributed by atoms with Crippen LogP contribution >= 0.6 is 11.6 Å². The topological polar surface area (TPSA) is 79.4 Å². The summed E-state index contributed by atoms with van der Waals surface area (Å²) in [7, 11) is 0. The lowest BCUT2D eigenvalue weighted by molar-refractivity contribution is 1.10. The number of halogens is 1. The summed E-state index contributed by atoms with van der Waals surface area (Å²) in [6.45, 7) is 0.615.